The molecule has 0 radical (unpaired) electrons. The Hall–Kier alpha value is -3.23. The van der Waals surface area contributed by atoms with Gasteiger partial charge in [0, 0.05) is 35.4 Å². The molecule has 1 aromatic heterocycles. The molecule has 5 nitrogen and oxygen atoms in total. The summed E-state index contributed by atoms with van der Waals surface area (Å²) >= 11 is 0. The summed E-state index contributed by atoms with van der Waals surface area (Å²) in [6.45, 7) is 0.622. The van der Waals surface area contributed by atoms with E-state index < -0.39 is 17.8 Å². The number of alkyl halides is 3. The fourth-order valence-corrected chi connectivity index (χ4v) is 3.50. The molecular formula is C24H23F3N2O3. The maximum absolute atomic E-state index is 13.0. The Morgan fingerprint density at radius 3 is 2.50 bits per heavy atom. The first-order valence-corrected chi connectivity index (χ1v) is 10.2. The van der Waals surface area contributed by atoms with Gasteiger partial charge in [-0.2, -0.15) is 13.2 Å². The summed E-state index contributed by atoms with van der Waals surface area (Å²) in [4.78, 5) is 3.34. The highest BCUT2D eigenvalue weighted by molar-refractivity contribution is 6.07. The zero-order valence-electron chi connectivity index (χ0n) is 17.2. The Balaban J connectivity index is 1.21. The zero-order chi connectivity index (χ0) is 22.6. The smallest absolute Gasteiger partial charge is 0.419 e. The van der Waals surface area contributed by atoms with Crippen molar-refractivity contribution in [2.75, 3.05) is 26.3 Å². The van der Waals surface area contributed by atoms with Crippen molar-refractivity contribution in [2.45, 2.75) is 12.3 Å². The summed E-state index contributed by atoms with van der Waals surface area (Å²) in [5, 5.41) is 15.3. The Morgan fingerprint density at radius 2 is 1.66 bits per heavy atom. The second kappa shape index (κ2) is 9.50. The summed E-state index contributed by atoms with van der Waals surface area (Å²) in [5.41, 5.74) is 1.19. The molecule has 0 fully saturated rings. The van der Waals surface area contributed by atoms with Crippen molar-refractivity contribution in [3.05, 3.63) is 72.3 Å². The molecule has 4 aromatic rings. The fourth-order valence-electron chi connectivity index (χ4n) is 3.50. The standard InChI is InChI=1S/C24H23F3N2O3/c25-24(26,27)20-6-2-4-8-23(20)31-12-11-28-14-16(30)15-32-17-9-10-19-18-5-1-3-7-21(18)29-22(19)13-17/h1-10,13,16,28-30H,11-12,14-15H2. The number of aliphatic hydroxyl groups is 1. The van der Waals surface area contributed by atoms with E-state index in [1.165, 1.54) is 18.2 Å². The van der Waals surface area contributed by atoms with Crippen LogP contribution in [0.4, 0.5) is 13.2 Å². The number of ether oxygens (including phenoxy) is 2. The lowest BCUT2D eigenvalue weighted by Gasteiger charge is -2.15. The molecule has 0 aliphatic carbocycles. The molecular weight excluding hydrogens is 421 g/mol. The van der Waals surface area contributed by atoms with Gasteiger partial charge in [-0.1, -0.05) is 30.3 Å². The Kier molecular flexibility index (Phi) is 6.53. The van der Waals surface area contributed by atoms with Gasteiger partial charge in [0.05, 0.1) is 11.1 Å². The topological polar surface area (TPSA) is 66.5 Å². The van der Waals surface area contributed by atoms with Gasteiger partial charge in [-0.25, -0.2) is 0 Å². The molecule has 0 aliphatic heterocycles. The predicted molar refractivity (Wildman–Crippen MR) is 117 cm³/mol. The summed E-state index contributed by atoms with van der Waals surface area (Å²) < 4.78 is 49.8. The van der Waals surface area contributed by atoms with Crippen LogP contribution in [0.1, 0.15) is 5.56 Å². The van der Waals surface area contributed by atoms with Crippen molar-refractivity contribution in [3.8, 4) is 11.5 Å². The van der Waals surface area contributed by atoms with Crippen LogP contribution < -0.4 is 14.8 Å². The number of aromatic nitrogens is 1. The molecule has 0 saturated carbocycles. The summed E-state index contributed by atoms with van der Waals surface area (Å²) in [6, 6.07) is 18.8. The highest BCUT2D eigenvalue weighted by atomic mass is 19.4. The normalized spacial score (nSPS) is 12.9. The molecule has 0 saturated heterocycles. The third kappa shape index (κ3) is 5.15. The van der Waals surface area contributed by atoms with E-state index >= 15 is 0 Å². The third-order valence-corrected chi connectivity index (χ3v) is 5.03. The van der Waals surface area contributed by atoms with Crippen LogP contribution in [0.25, 0.3) is 21.8 Å². The number of rotatable bonds is 9. The van der Waals surface area contributed by atoms with Crippen molar-refractivity contribution in [1.82, 2.24) is 10.3 Å². The van der Waals surface area contributed by atoms with Gasteiger partial charge in [0.25, 0.3) is 0 Å². The van der Waals surface area contributed by atoms with Gasteiger partial charge in [-0.05, 0) is 30.3 Å². The van der Waals surface area contributed by atoms with Crippen LogP contribution >= 0.6 is 0 Å². The van der Waals surface area contributed by atoms with Crippen molar-refractivity contribution in [3.63, 3.8) is 0 Å². The molecule has 0 aliphatic rings. The highest BCUT2D eigenvalue weighted by Gasteiger charge is 2.33. The minimum Gasteiger partial charge on any atom is -0.492 e. The van der Waals surface area contributed by atoms with Crippen LogP contribution in [0, 0.1) is 0 Å². The van der Waals surface area contributed by atoms with Gasteiger partial charge in [-0.3, -0.25) is 0 Å². The van der Waals surface area contributed by atoms with Crippen LogP contribution in [0.5, 0.6) is 11.5 Å². The van der Waals surface area contributed by atoms with E-state index in [0.717, 1.165) is 27.9 Å². The molecule has 4 rings (SSSR count). The number of aliphatic hydroxyl groups excluding tert-OH is 1. The van der Waals surface area contributed by atoms with Crippen LogP contribution in [0.2, 0.25) is 0 Å². The number of aromatic amines is 1. The molecule has 1 unspecified atom stereocenters. The lowest BCUT2D eigenvalue weighted by atomic mass is 10.1. The van der Waals surface area contributed by atoms with E-state index in [0.29, 0.717) is 5.75 Å². The zero-order valence-corrected chi connectivity index (χ0v) is 17.2. The summed E-state index contributed by atoms with van der Waals surface area (Å²) in [5.74, 6) is 0.424. The molecule has 1 atom stereocenters. The average Bonchev–Trinajstić information content (AvgIpc) is 3.15. The largest absolute Gasteiger partial charge is 0.492 e. The predicted octanol–water partition coefficient (Wildman–Crippen LogP) is 4.75. The Morgan fingerprint density at radius 1 is 0.906 bits per heavy atom. The van der Waals surface area contributed by atoms with Gasteiger partial charge in [-0.15, -0.1) is 0 Å². The first-order valence-electron chi connectivity index (χ1n) is 10.2. The van der Waals surface area contributed by atoms with Crippen LogP contribution in [0.15, 0.2) is 66.7 Å². The highest BCUT2D eigenvalue weighted by Crippen LogP contribution is 2.35. The van der Waals surface area contributed by atoms with Crippen LogP contribution in [-0.2, 0) is 6.18 Å². The number of nitrogens with one attached hydrogen (secondary N) is 2. The van der Waals surface area contributed by atoms with Crippen molar-refractivity contribution in [1.29, 1.82) is 0 Å². The Labute approximate surface area is 182 Å². The molecule has 0 spiro atoms. The van der Waals surface area contributed by atoms with Crippen LogP contribution in [0.3, 0.4) is 0 Å². The van der Waals surface area contributed by atoms with Crippen molar-refractivity contribution in [2.24, 2.45) is 0 Å². The first-order chi connectivity index (χ1) is 15.4. The lowest BCUT2D eigenvalue weighted by molar-refractivity contribution is -0.138. The van der Waals surface area contributed by atoms with E-state index in [-0.39, 0.29) is 32.1 Å². The van der Waals surface area contributed by atoms with Gasteiger partial charge in [0.15, 0.2) is 0 Å². The minimum atomic E-state index is -4.46. The van der Waals surface area contributed by atoms with E-state index in [2.05, 4.69) is 16.4 Å². The number of H-pyrrole nitrogens is 1. The monoisotopic (exact) mass is 444 g/mol. The summed E-state index contributed by atoms with van der Waals surface area (Å²) in [6.07, 6.45) is -5.25. The second-order valence-corrected chi connectivity index (χ2v) is 7.39. The van der Waals surface area contributed by atoms with E-state index in [9.17, 15) is 18.3 Å². The molecule has 0 amide bonds. The van der Waals surface area contributed by atoms with E-state index in [4.69, 9.17) is 9.47 Å². The Bertz CT molecular complexity index is 1190. The second-order valence-electron chi connectivity index (χ2n) is 7.39. The number of hydrogen-bond acceptors (Lipinski definition) is 4. The van der Waals surface area contributed by atoms with E-state index in [1.54, 1.807) is 0 Å². The number of benzene rings is 3. The molecule has 1 heterocycles. The van der Waals surface area contributed by atoms with Crippen molar-refractivity contribution >= 4 is 21.8 Å². The van der Waals surface area contributed by atoms with Gasteiger partial charge < -0.3 is 24.9 Å². The maximum Gasteiger partial charge on any atom is 0.419 e. The molecule has 32 heavy (non-hydrogen) atoms. The molecule has 168 valence electrons. The van der Waals surface area contributed by atoms with E-state index in [1.807, 2.05) is 36.4 Å². The maximum atomic E-state index is 13.0. The molecule has 0 bridgehead atoms. The quantitative estimate of drug-likeness (QED) is 0.326. The molecule has 8 heteroatoms. The van der Waals surface area contributed by atoms with Crippen LogP contribution in [-0.4, -0.2) is 42.5 Å². The summed E-state index contributed by atoms with van der Waals surface area (Å²) in [7, 11) is 0. The average molecular weight is 444 g/mol. The van der Waals surface area contributed by atoms with Gasteiger partial charge >= 0.3 is 6.18 Å². The SMILES string of the molecule is OC(CNCCOc1ccccc1C(F)(F)F)COc1ccc2c(c1)[nH]c1ccccc12. The van der Waals surface area contributed by atoms with Gasteiger partial charge in [0.2, 0.25) is 0 Å². The molecule has 3 aromatic carbocycles. The fraction of sp³-hybridized carbons (Fsp3) is 0.250. The van der Waals surface area contributed by atoms with Crippen molar-refractivity contribution < 1.29 is 27.8 Å². The number of hydrogen-bond donors (Lipinski definition) is 3. The number of halogens is 3. The minimum absolute atomic E-state index is 0.0394. The lowest BCUT2D eigenvalue weighted by Crippen LogP contribution is -2.33. The third-order valence-electron chi connectivity index (χ3n) is 5.03. The number of para-hydroxylation sites is 2. The molecule has 3 N–H and O–H groups in total. The van der Waals surface area contributed by atoms with Gasteiger partial charge in [0.1, 0.15) is 30.8 Å². The number of fused-ring (bicyclic) bond motifs is 3. The first kappa shape index (κ1) is 22.0.